The molecule has 1 aromatic heterocycles. The molecule has 0 aliphatic heterocycles. The van der Waals surface area contributed by atoms with Crippen molar-refractivity contribution in [2.24, 2.45) is 0 Å². The summed E-state index contributed by atoms with van der Waals surface area (Å²) < 4.78 is 13.5. The van der Waals surface area contributed by atoms with Crippen LogP contribution in [0.15, 0.2) is 22.7 Å². The minimum atomic E-state index is -0.575. The highest BCUT2D eigenvalue weighted by Gasteiger charge is 2.14. The molecule has 0 saturated heterocycles. The number of hydrogen-bond acceptors (Lipinski definition) is 3. The normalized spacial score (nSPS) is 10.4. The summed E-state index contributed by atoms with van der Waals surface area (Å²) in [5.41, 5.74) is 6.41. The van der Waals surface area contributed by atoms with Crippen molar-refractivity contribution in [3.63, 3.8) is 0 Å². The Labute approximate surface area is 111 Å². The second-order valence-electron chi connectivity index (χ2n) is 3.74. The number of carbonyl (C=O) groups is 1. The molecule has 0 saturated carbocycles. The molecule has 4 N–H and O–H groups in total. The number of nitrogen functional groups attached to an aromatic ring is 1. The Balaban J connectivity index is 2.26. The zero-order valence-corrected chi connectivity index (χ0v) is 11.0. The summed E-state index contributed by atoms with van der Waals surface area (Å²) in [6.07, 6.45) is 0. The number of benzene rings is 1. The van der Waals surface area contributed by atoms with Crippen molar-refractivity contribution in [2.45, 2.75) is 6.92 Å². The zero-order chi connectivity index (χ0) is 13.3. The van der Waals surface area contributed by atoms with Crippen LogP contribution in [0.3, 0.4) is 0 Å². The number of nitrogens with two attached hydrogens (primary N) is 1. The molecular weight excluding hydrogens is 303 g/mol. The summed E-state index contributed by atoms with van der Waals surface area (Å²) >= 11 is 3.12. The molecule has 1 aromatic carbocycles. The second kappa shape index (κ2) is 4.77. The fourth-order valence-corrected chi connectivity index (χ4v) is 1.90. The van der Waals surface area contributed by atoms with Crippen LogP contribution in [0.1, 0.15) is 16.1 Å². The Kier molecular flexibility index (Phi) is 3.33. The molecule has 2 rings (SSSR count). The first-order chi connectivity index (χ1) is 8.47. The van der Waals surface area contributed by atoms with E-state index in [9.17, 15) is 9.18 Å². The third-order valence-electron chi connectivity index (χ3n) is 2.28. The van der Waals surface area contributed by atoms with Crippen molar-refractivity contribution in [1.29, 1.82) is 0 Å². The molecule has 0 unspecified atom stereocenters. The van der Waals surface area contributed by atoms with Crippen molar-refractivity contribution >= 4 is 33.3 Å². The Morgan fingerprint density at radius 1 is 1.50 bits per heavy atom. The van der Waals surface area contributed by atoms with Gasteiger partial charge in [-0.1, -0.05) is 0 Å². The lowest BCUT2D eigenvalue weighted by molar-refractivity contribution is 0.102. The van der Waals surface area contributed by atoms with Crippen LogP contribution in [0.4, 0.5) is 15.9 Å². The van der Waals surface area contributed by atoms with Gasteiger partial charge < -0.3 is 11.1 Å². The van der Waals surface area contributed by atoms with Gasteiger partial charge in [0, 0.05) is 16.2 Å². The standard InChI is InChI=1S/C11H10BrFN4O/c1-5-2-10(17-16-5)15-11(18)6-3-9(14)8(13)4-7(6)12/h2-4H,14H2,1H3,(H2,15,16,17,18). The fourth-order valence-electron chi connectivity index (χ4n) is 1.41. The van der Waals surface area contributed by atoms with Gasteiger partial charge in [-0.05, 0) is 35.0 Å². The number of hydrogen-bond donors (Lipinski definition) is 3. The summed E-state index contributed by atoms with van der Waals surface area (Å²) in [5, 5.41) is 9.15. The van der Waals surface area contributed by atoms with Crippen LogP contribution in [0.25, 0.3) is 0 Å². The summed E-state index contributed by atoms with van der Waals surface area (Å²) in [6.45, 7) is 1.81. The summed E-state index contributed by atoms with van der Waals surface area (Å²) in [4.78, 5) is 11.9. The van der Waals surface area contributed by atoms with Gasteiger partial charge >= 0.3 is 0 Å². The Morgan fingerprint density at radius 3 is 2.83 bits per heavy atom. The van der Waals surface area contributed by atoms with Crippen molar-refractivity contribution in [2.75, 3.05) is 11.1 Å². The van der Waals surface area contributed by atoms with E-state index in [0.29, 0.717) is 10.3 Å². The molecule has 0 radical (unpaired) electrons. The van der Waals surface area contributed by atoms with Crippen LogP contribution in [-0.2, 0) is 0 Å². The van der Waals surface area contributed by atoms with E-state index < -0.39 is 11.7 Å². The number of carbonyl (C=O) groups excluding carboxylic acids is 1. The zero-order valence-electron chi connectivity index (χ0n) is 9.42. The lowest BCUT2D eigenvalue weighted by Crippen LogP contribution is -2.13. The predicted octanol–water partition coefficient (Wildman–Crippen LogP) is 2.45. The largest absolute Gasteiger partial charge is 0.396 e. The van der Waals surface area contributed by atoms with Crippen molar-refractivity contribution in [3.05, 3.63) is 39.7 Å². The highest BCUT2D eigenvalue weighted by Crippen LogP contribution is 2.23. The van der Waals surface area contributed by atoms with Crippen LogP contribution in [0.2, 0.25) is 0 Å². The Bertz CT molecular complexity index is 611. The molecule has 0 fully saturated rings. The van der Waals surface area contributed by atoms with E-state index in [1.165, 1.54) is 6.07 Å². The smallest absolute Gasteiger partial charge is 0.258 e. The molecule has 1 heterocycles. The van der Waals surface area contributed by atoms with Crippen LogP contribution >= 0.6 is 15.9 Å². The topological polar surface area (TPSA) is 83.8 Å². The Hall–Kier alpha value is -1.89. The van der Waals surface area contributed by atoms with Gasteiger partial charge in [-0.25, -0.2) is 4.39 Å². The number of anilines is 2. The van der Waals surface area contributed by atoms with Crippen LogP contribution in [0, 0.1) is 12.7 Å². The molecule has 18 heavy (non-hydrogen) atoms. The number of amides is 1. The first-order valence-electron chi connectivity index (χ1n) is 5.05. The Morgan fingerprint density at radius 2 is 2.22 bits per heavy atom. The molecule has 94 valence electrons. The summed E-state index contributed by atoms with van der Waals surface area (Å²) in [6, 6.07) is 4.10. The number of halogens is 2. The van der Waals surface area contributed by atoms with Crippen molar-refractivity contribution in [1.82, 2.24) is 10.2 Å². The monoisotopic (exact) mass is 312 g/mol. The molecule has 0 aliphatic rings. The number of aromatic amines is 1. The summed E-state index contributed by atoms with van der Waals surface area (Å²) in [5.74, 6) is -0.596. The van der Waals surface area contributed by atoms with E-state index in [-0.39, 0.29) is 11.3 Å². The third-order valence-corrected chi connectivity index (χ3v) is 2.93. The van der Waals surface area contributed by atoms with E-state index in [4.69, 9.17) is 5.73 Å². The maximum atomic E-state index is 13.1. The first kappa shape index (κ1) is 12.6. The van der Waals surface area contributed by atoms with E-state index in [0.717, 1.165) is 11.8 Å². The first-order valence-corrected chi connectivity index (χ1v) is 5.84. The van der Waals surface area contributed by atoms with E-state index in [2.05, 4.69) is 31.4 Å². The van der Waals surface area contributed by atoms with Gasteiger partial charge in [0.15, 0.2) is 5.82 Å². The maximum absolute atomic E-state index is 13.1. The molecule has 0 spiro atoms. The maximum Gasteiger partial charge on any atom is 0.258 e. The van der Waals surface area contributed by atoms with Crippen molar-refractivity contribution < 1.29 is 9.18 Å². The highest BCUT2D eigenvalue weighted by molar-refractivity contribution is 9.10. The molecular formula is C11H10BrFN4O. The predicted molar refractivity (Wildman–Crippen MR) is 69.8 cm³/mol. The van der Waals surface area contributed by atoms with Gasteiger partial charge in [0.1, 0.15) is 5.82 Å². The molecule has 0 atom stereocenters. The number of aromatic nitrogens is 2. The molecule has 7 heteroatoms. The second-order valence-corrected chi connectivity index (χ2v) is 4.60. The minimum absolute atomic E-state index is 0.0819. The fraction of sp³-hybridized carbons (Fsp3) is 0.0909. The van der Waals surface area contributed by atoms with Crippen LogP contribution < -0.4 is 11.1 Å². The average Bonchev–Trinajstić information content (AvgIpc) is 2.69. The SMILES string of the molecule is Cc1cc(NC(=O)c2cc(N)c(F)cc2Br)n[nH]1. The average molecular weight is 313 g/mol. The molecule has 2 aromatic rings. The van der Waals surface area contributed by atoms with E-state index in [1.54, 1.807) is 6.07 Å². The molecule has 5 nitrogen and oxygen atoms in total. The summed E-state index contributed by atoms with van der Waals surface area (Å²) in [7, 11) is 0. The molecule has 0 bridgehead atoms. The lowest BCUT2D eigenvalue weighted by atomic mass is 10.2. The van der Waals surface area contributed by atoms with Crippen LogP contribution in [0.5, 0.6) is 0 Å². The lowest BCUT2D eigenvalue weighted by Gasteiger charge is -2.06. The van der Waals surface area contributed by atoms with Gasteiger partial charge in [-0.3, -0.25) is 9.89 Å². The number of nitrogens with zero attached hydrogens (tertiary/aromatic N) is 1. The van der Waals surface area contributed by atoms with Crippen molar-refractivity contribution in [3.8, 4) is 0 Å². The van der Waals surface area contributed by atoms with Gasteiger partial charge in [0.05, 0.1) is 11.3 Å². The van der Waals surface area contributed by atoms with Gasteiger partial charge in [0.25, 0.3) is 5.91 Å². The van der Waals surface area contributed by atoms with E-state index in [1.807, 2.05) is 6.92 Å². The number of rotatable bonds is 2. The quantitative estimate of drug-likeness (QED) is 0.745. The van der Waals surface area contributed by atoms with Gasteiger partial charge in [-0.15, -0.1) is 0 Å². The van der Waals surface area contributed by atoms with Crippen LogP contribution in [-0.4, -0.2) is 16.1 Å². The minimum Gasteiger partial charge on any atom is -0.396 e. The van der Waals surface area contributed by atoms with Gasteiger partial charge in [0.2, 0.25) is 0 Å². The molecule has 0 aliphatic carbocycles. The highest BCUT2D eigenvalue weighted by atomic mass is 79.9. The number of nitrogens with one attached hydrogen (secondary N) is 2. The molecule has 1 amide bonds. The number of aryl methyl sites for hydroxylation is 1. The number of H-pyrrole nitrogens is 1. The van der Waals surface area contributed by atoms with Gasteiger partial charge in [-0.2, -0.15) is 5.10 Å². The third kappa shape index (κ3) is 2.51. The van der Waals surface area contributed by atoms with E-state index >= 15 is 0 Å².